The molecule has 0 bridgehead atoms. The molecular formula is C28H29N3O2. The van der Waals surface area contributed by atoms with Crippen LogP contribution in [0, 0.1) is 0 Å². The minimum Gasteiger partial charge on any atom is -0.390 e. The number of benzene rings is 3. The van der Waals surface area contributed by atoms with Crippen molar-refractivity contribution in [3.8, 4) is 22.6 Å². The Labute approximate surface area is 194 Å². The van der Waals surface area contributed by atoms with E-state index in [9.17, 15) is 9.90 Å². The van der Waals surface area contributed by atoms with Crippen molar-refractivity contribution in [1.29, 1.82) is 0 Å². The minimum absolute atomic E-state index is 0.232. The number of imidazole rings is 1. The van der Waals surface area contributed by atoms with Gasteiger partial charge in [-0.15, -0.1) is 0 Å². The van der Waals surface area contributed by atoms with Crippen LogP contribution < -0.4 is 5.32 Å². The van der Waals surface area contributed by atoms with Gasteiger partial charge in [0, 0.05) is 24.6 Å². The van der Waals surface area contributed by atoms with Crippen LogP contribution in [0.3, 0.4) is 0 Å². The molecule has 0 saturated carbocycles. The molecule has 168 valence electrons. The lowest BCUT2D eigenvalue weighted by Gasteiger charge is -2.26. The van der Waals surface area contributed by atoms with Crippen LogP contribution in [0.15, 0.2) is 91.0 Å². The molecule has 4 aromatic rings. The van der Waals surface area contributed by atoms with Crippen LogP contribution in [0.25, 0.3) is 22.6 Å². The third-order valence-corrected chi connectivity index (χ3v) is 5.60. The first-order valence-electron chi connectivity index (χ1n) is 11.1. The summed E-state index contributed by atoms with van der Waals surface area (Å²) in [7, 11) is 1.87. The second-order valence-electron chi connectivity index (χ2n) is 8.88. The van der Waals surface area contributed by atoms with Gasteiger partial charge in [-0.25, -0.2) is 4.98 Å². The molecule has 1 unspecified atom stereocenters. The van der Waals surface area contributed by atoms with Gasteiger partial charge < -0.3 is 15.0 Å². The predicted octanol–water partition coefficient (Wildman–Crippen LogP) is 5.39. The molecule has 1 amide bonds. The van der Waals surface area contributed by atoms with Gasteiger partial charge in [-0.05, 0) is 19.4 Å². The summed E-state index contributed by atoms with van der Waals surface area (Å²) in [4.78, 5) is 18.6. The van der Waals surface area contributed by atoms with Gasteiger partial charge in [-0.3, -0.25) is 4.79 Å². The monoisotopic (exact) mass is 439 g/mol. The Morgan fingerprint density at radius 2 is 1.42 bits per heavy atom. The van der Waals surface area contributed by atoms with Gasteiger partial charge in [0.05, 0.1) is 11.6 Å². The molecule has 1 aromatic heterocycles. The summed E-state index contributed by atoms with van der Waals surface area (Å²) in [6, 6.07) is 29.0. The largest absolute Gasteiger partial charge is 0.390 e. The van der Waals surface area contributed by atoms with Crippen molar-refractivity contribution >= 4 is 5.91 Å². The lowest BCUT2D eigenvalue weighted by atomic mass is 9.93. The Kier molecular flexibility index (Phi) is 6.43. The summed E-state index contributed by atoms with van der Waals surface area (Å²) in [5.74, 6) is 0.488. The fourth-order valence-corrected chi connectivity index (χ4v) is 4.06. The highest BCUT2D eigenvalue weighted by molar-refractivity contribution is 5.99. The quantitative estimate of drug-likeness (QED) is 0.406. The first-order valence-corrected chi connectivity index (χ1v) is 11.1. The molecule has 0 fully saturated rings. The zero-order valence-electron chi connectivity index (χ0n) is 19.2. The molecule has 1 heterocycles. The minimum atomic E-state index is -0.947. The van der Waals surface area contributed by atoms with E-state index in [-0.39, 0.29) is 11.9 Å². The molecular weight excluding hydrogens is 410 g/mol. The van der Waals surface area contributed by atoms with Crippen molar-refractivity contribution in [3.63, 3.8) is 0 Å². The highest BCUT2D eigenvalue weighted by Crippen LogP contribution is 2.30. The van der Waals surface area contributed by atoms with Crippen molar-refractivity contribution in [3.05, 3.63) is 102 Å². The number of amides is 1. The van der Waals surface area contributed by atoms with Gasteiger partial charge in [0.15, 0.2) is 0 Å². The lowest BCUT2D eigenvalue weighted by Crippen LogP contribution is -2.35. The van der Waals surface area contributed by atoms with Crippen molar-refractivity contribution in [1.82, 2.24) is 14.9 Å². The van der Waals surface area contributed by atoms with Crippen molar-refractivity contribution in [2.45, 2.75) is 31.9 Å². The number of aromatic nitrogens is 2. The van der Waals surface area contributed by atoms with E-state index < -0.39 is 5.60 Å². The zero-order chi connectivity index (χ0) is 23.4. The van der Waals surface area contributed by atoms with E-state index >= 15 is 0 Å². The molecule has 4 rings (SSSR count). The van der Waals surface area contributed by atoms with E-state index in [1.807, 2.05) is 103 Å². The van der Waals surface area contributed by atoms with E-state index in [4.69, 9.17) is 4.98 Å². The van der Waals surface area contributed by atoms with E-state index in [1.165, 1.54) is 0 Å². The zero-order valence-corrected chi connectivity index (χ0v) is 19.2. The van der Waals surface area contributed by atoms with Gasteiger partial charge in [-0.2, -0.15) is 0 Å². The number of nitrogens with one attached hydrogen (secondary N) is 1. The van der Waals surface area contributed by atoms with Crippen LogP contribution in [0.2, 0.25) is 0 Å². The van der Waals surface area contributed by atoms with Gasteiger partial charge in [0.2, 0.25) is 0 Å². The average molecular weight is 440 g/mol. The fourth-order valence-electron chi connectivity index (χ4n) is 4.06. The number of hydrogen-bond donors (Lipinski definition) is 2. The molecule has 0 aliphatic carbocycles. The fraction of sp³-hybridized carbons (Fsp3) is 0.214. The number of hydrogen-bond acceptors (Lipinski definition) is 3. The number of nitrogens with zero attached hydrogens (tertiary/aromatic N) is 2. The third kappa shape index (κ3) is 5.21. The second kappa shape index (κ2) is 9.43. The molecule has 33 heavy (non-hydrogen) atoms. The number of rotatable bonds is 7. The maximum Gasteiger partial charge on any atom is 0.270 e. The number of carbonyl (C=O) groups excluding carboxylic acids is 1. The summed E-state index contributed by atoms with van der Waals surface area (Å²) in [5.41, 5.74) is 2.92. The Morgan fingerprint density at radius 3 is 1.97 bits per heavy atom. The average Bonchev–Trinajstić information content (AvgIpc) is 3.16. The van der Waals surface area contributed by atoms with Crippen LogP contribution in [0.5, 0.6) is 0 Å². The lowest BCUT2D eigenvalue weighted by molar-refractivity contribution is 0.0568. The maximum atomic E-state index is 13.7. The van der Waals surface area contributed by atoms with Crippen molar-refractivity contribution in [2.75, 3.05) is 0 Å². The number of carbonyl (C=O) groups is 1. The molecule has 0 radical (unpaired) electrons. The van der Waals surface area contributed by atoms with Gasteiger partial charge in [0.1, 0.15) is 17.2 Å². The summed E-state index contributed by atoms with van der Waals surface area (Å²) in [5, 5.41) is 13.7. The highest BCUT2D eigenvalue weighted by atomic mass is 16.3. The van der Waals surface area contributed by atoms with Crippen LogP contribution in [-0.4, -0.2) is 26.2 Å². The normalized spacial score (nSPS) is 12.4. The molecule has 3 aromatic carbocycles. The first-order chi connectivity index (χ1) is 15.8. The molecule has 0 spiro atoms. The third-order valence-electron chi connectivity index (χ3n) is 5.60. The van der Waals surface area contributed by atoms with E-state index in [1.54, 1.807) is 13.8 Å². The summed E-state index contributed by atoms with van der Waals surface area (Å²) in [6.45, 7) is 3.50. The van der Waals surface area contributed by atoms with E-state index in [0.29, 0.717) is 17.8 Å². The van der Waals surface area contributed by atoms with Crippen LogP contribution in [0.1, 0.15) is 42.4 Å². The van der Waals surface area contributed by atoms with Crippen molar-refractivity contribution < 1.29 is 9.90 Å². The van der Waals surface area contributed by atoms with E-state index in [0.717, 1.165) is 22.5 Å². The van der Waals surface area contributed by atoms with Crippen molar-refractivity contribution in [2.24, 2.45) is 7.05 Å². The predicted molar refractivity (Wildman–Crippen MR) is 132 cm³/mol. The standard InChI is InChI=1S/C28H29N3O2/c1-28(2,33)19-23(20-13-7-4-8-14-20)29-27(32)25-24(21-15-9-5-10-16-21)30-26(31(25)3)22-17-11-6-12-18-22/h4-18,23,33H,19H2,1-3H3,(H,29,32). The Bertz CT molecular complexity index is 1210. The second-order valence-corrected chi connectivity index (χ2v) is 8.88. The van der Waals surface area contributed by atoms with Crippen LogP contribution >= 0.6 is 0 Å². The topological polar surface area (TPSA) is 67.2 Å². The summed E-state index contributed by atoms with van der Waals surface area (Å²) in [6.07, 6.45) is 0.382. The Hall–Kier alpha value is -3.70. The summed E-state index contributed by atoms with van der Waals surface area (Å²) < 4.78 is 1.85. The molecule has 5 heteroatoms. The summed E-state index contributed by atoms with van der Waals surface area (Å²) >= 11 is 0. The maximum absolute atomic E-state index is 13.7. The first kappa shape index (κ1) is 22.5. The van der Waals surface area contributed by atoms with Gasteiger partial charge in [-0.1, -0.05) is 91.0 Å². The molecule has 1 atom stereocenters. The van der Waals surface area contributed by atoms with Gasteiger partial charge >= 0.3 is 0 Å². The smallest absolute Gasteiger partial charge is 0.270 e. The molecule has 5 nitrogen and oxygen atoms in total. The highest BCUT2D eigenvalue weighted by Gasteiger charge is 2.28. The molecule has 0 saturated heterocycles. The van der Waals surface area contributed by atoms with Gasteiger partial charge in [0.25, 0.3) is 5.91 Å². The number of aliphatic hydroxyl groups is 1. The van der Waals surface area contributed by atoms with Crippen LogP contribution in [-0.2, 0) is 7.05 Å². The van der Waals surface area contributed by atoms with Crippen LogP contribution in [0.4, 0.5) is 0 Å². The SMILES string of the molecule is Cn1c(-c2ccccc2)nc(-c2ccccc2)c1C(=O)NC(CC(C)(C)O)c1ccccc1. The molecule has 0 aliphatic rings. The molecule has 0 aliphatic heterocycles. The molecule has 2 N–H and O–H groups in total. The Balaban J connectivity index is 1.78. The Morgan fingerprint density at radius 1 is 0.909 bits per heavy atom. The van der Waals surface area contributed by atoms with E-state index in [2.05, 4.69) is 5.32 Å².